The lowest BCUT2D eigenvalue weighted by Gasteiger charge is -2.07. The van der Waals surface area contributed by atoms with Crippen LogP contribution in [0.5, 0.6) is 11.5 Å². The maximum Gasteiger partial charge on any atom is 0.343 e. The van der Waals surface area contributed by atoms with Crippen molar-refractivity contribution in [3.05, 3.63) is 88.9 Å². The number of nitrogens with zero attached hydrogens (tertiary/aromatic N) is 1. The molecular formula is C24H22ClNO3. The van der Waals surface area contributed by atoms with Crippen LogP contribution in [0.4, 0.5) is 5.69 Å². The standard InChI is InChI=1S/C24H22ClNO3/c1-2-3-15-28-22-13-9-19(10-14-22)24(27)29-23-11-7-18(8-12-23)17-26-21-6-4-5-20(25)16-21/h4-14,16-17H,2-3,15H2,1H3. The van der Waals surface area contributed by atoms with E-state index in [0.717, 1.165) is 29.8 Å². The number of unbranched alkanes of at least 4 members (excludes halogenated alkanes) is 1. The number of rotatable bonds is 8. The topological polar surface area (TPSA) is 47.9 Å². The van der Waals surface area contributed by atoms with Crippen LogP contribution in [0.15, 0.2) is 77.8 Å². The monoisotopic (exact) mass is 407 g/mol. The molecule has 3 rings (SSSR count). The average Bonchev–Trinajstić information content (AvgIpc) is 2.74. The van der Waals surface area contributed by atoms with Crippen LogP contribution >= 0.6 is 11.6 Å². The van der Waals surface area contributed by atoms with Crippen LogP contribution in [-0.4, -0.2) is 18.8 Å². The first-order valence-electron chi connectivity index (χ1n) is 9.49. The highest BCUT2D eigenvalue weighted by atomic mass is 35.5. The first kappa shape index (κ1) is 20.6. The largest absolute Gasteiger partial charge is 0.494 e. The van der Waals surface area contributed by atoms with Gasteiger partial charge in [-0.1, -0.05) is 31.0 Å². The molecule has 0 aliphatic rings. The van der Waals surface area contributed by atoms with Gasteiger partial charge in [-0.05, 0) is 78.7 Å². The van der Waals surface area contributed by atoms with E-state index in [-0.39, 0.29) is 0 Å². The Hall–Kier alpha value is -3.11. The number of benzene rings is 3. The fraction of sp³-hybridized carbons (Fsp3) is 0.167. The third-order valence-corrected chi connectivity index (χ3v) is 4.35. The van der Waals surface area contributed by atoms with Gasteiger partial charge in [0, 0.05) is 11.2 Å². The van der Waals surface area contributed by atoms with Crippen molar-refractivity contribution in [3.8, 4) is 11.5 Å². The number of esters is 1. The number of carbonyl (C=O) groups excluding carboxylic acids is 1. The van der Waals surface area contributed by atoms with Gasteiger partial charge in [-0.15, -0.1) is 0 Å². The summed E-state index contributed by atoms with van der Waals surface area (Å²) in [5.41, 5.74) is 2.13. The van der Waals surface area contributed by atoms with E-state index in [0.29, 0.717) is 22.9 Å². The third kappa shape index (κ3) is 6.47. The Morgan fingerprint density at radius 2 is 1.72 bits per heavy atom. The van der Waals surface area contributed by atoms with Crippen molar-refractivity contribution in [2.45, 2.75) is 19.8 Å². The third-order valence-electron chi connectivity index (χ3n) is 4.12. The molecular weight excluding hydrogens is 386 g/mol. The summed E-state index contributed by atoms with van der Waals surface area (Å²) in [7, 11) is 0. The van der Waals surface area contributed by atoms with Crippen LogP contribution in [0.25, 0.3) is 0 Å². The smallest absolute Gasteiger partial charge is 0.343 e. The van der Waals surface area contributed by atoms with Crippen molar-refractivity contribution in [1.29, 1.82) is 0 Å². The summed E-state index contributed by atoms with van der Waals surface area (Å²) in [6.45, 7) is 2.79. The van der Waals surface area contributed by atoms with E-state index in [9.17, 15) is 4.79 Å². The normalized spacial score (nSPS) is 10.8. The second kappa shape index (κ2) is 10.4. The lowest BCUT2D eigenvalue weighted by molar-refractivity contribution is 0.0734. The molecule has 0 aliphatic carbocycles. The first-order chi connectivity index (χ1) is 14.1. The molecule has 29 heavy (non-hydrogen) atoms. The Balaban J connectivity index is 1.57. The van der Waals surface area contributed by atoms with E-state index < -0.39 is 5.97 Å². The molecule has 0 heterocycles. The molecule has 0 radical (unpaired) electrons. The molecule has 0 aliphatic heterocycles. The second-order valence-corrected chi connectivity index (χ2v) is 6.86. The van der Waals surface area contributed by atoms with Crippen molar-refractivity contribution in [3.63, 3.8) is 0 Å². The summed E-state index contributed by atoms with van der Waals surface area (Å²) in [6, 6.07) is 21.4. The van der Waals surface area contributed by atoms with Gasteiger partial charge >= 0.3 is 5.97 Å². The zero-order chi connectivity index (χ0) is 20.5. The van der Waals surface area contributed by atoms with Crippen molar-refractivity contribution in [1.82, 2.24) is 0 Å². The van der Waals surface area contributed by atoms with E-state index >= 15 is 0 Å². The highest BCUT2D eigenvalue weighted by Gasteiger charge is 2.09. The van der Waals surface area contributed by atoms with Crippen LogP contribution < -0.4 is 9.47 Å². The van der Waals surface area contributed by atoms with Gasteiger partial charge in [0.05, 0.1) is 17.9 Å². The van der Waals surface area contributed by atoms with Crippen LogP contribution in [0.2, 0.25) is 5.02 Å². The number of hydrogen-bond acceptors (Lipinski definition) is 4. The molecule has 4 nitrogen and oxygen atoms in total. The molecule has 0 aromatic heterocycles. The average molecular weight is 408 g/mol. The van der Waals surface area contributed by atoms with E-state index in [1.165, 1.54) is 0 Å². The summed E-state index contributed by atoms with van der Waals surface area (Å²) < 4.78 is 11.0. The molecule has 0 bridgehead atoms. The highest BCUT2D eigenvalue weighted by molar-refractivity contribution is 6.30. The van der Waals surface area contributed by atoms with Gasteiger partial charge in [-0.2, -0.15) is 0 Å². The number of carbonyl (C=O) groups is 1. The molecule has 3 aromatic carbocycles. The number of hydrogen-bond donors (Lipinski definition) is 0. The van der Waals surface area contributed by atoms with Crippen LogP contribution in [0.3, 0.4) is 0 Å². The predicted octanol–water partition coefficient (Wildman–Crippen LogP) is 6.49. The number of ether oxygens (including phenoxy) is 2. The second-order valence-electron chi connectivity index (χ2n) is 6.42. The van der Waals surface area contributed by atoms with Gasteiger partial charge in [0.25, 0.3) is 0 Å². The molecule has 0 N–H and O–H groups in total. The maximum atomic E-state index is 12.3. The minimum atomic E-state index is -0.412. The molecule has 0 saturated heterocycles. The molecule has 3 aromatic rings. The molecule has 5 heteroatoms. The summed E-state index contributed by atoms with van der Waals surface area (Å²) in [5, 5.41) is 0.641. The zero-order valence-electron chi connectivity index (χ0n) is 16.2. The van der Waals surface area contributed by atoms with Crippen LogP contribution in [0.1, 0.15) is 35.7 Å². The minimum Gasteiger partial charge on any atom is -0.494 e. The SMILES string of the molecule is CCCCOc1ccc(C(=O)Oc2ccc(C=Nc3cccc(Cl)c3)cc2)cc1. The van der Waals surface area contributed by atoms with Gasteiger partial charge < -0.3 is 9.47 Å². The quantitative estimate of drug-likeness (QED) is 0.185. The fourth-order valence-corrected chi connectivity index (χ4v) is 2.70. The number of halogens is 1. The summed E-state index contributed by atoms with van der Waals surface area (Å²) >= 11 is 5.95. The van der Waals surface area contributed by atoms with E-state index in [4.69, 9.17) is 21.1 Å². The molecule has 0 fully saturated rings. The number of aliphatic imine (C=N–C) groups is 1. The predicted molar refractivity (Wildman–Crippen MR) is 117 cm³/mol. The lowest BCUT2D eigenvalue weighted by atomic mass is 10.2. The van der Waals surface area contributed by atoms with Gasteiger partial charge in [0.15, 0.2) is 0 Å². The van der Waals surface area contributed by atoms with Crippen molar-refractivity contribution in [2.24, 2.45) is 4.99 Å². The maximum absolute atomic E-state index is 12.3. The van der Waals surface area contributed by atoms with Gasteiger partial charge in [-0.25, -0.2) is 4.79 Å². The molecule has 0 amide bonds. The van der Waals surface area contributed by atoms with Crippen LogP contribution in [0, 0.1) is 0 Å². The highest BCUT2D eigenvalue weighted by Crippen LogP contribution is 2.19. The summed E-state index contributed by atoms with van der Waals surface area (Å²) in [5.74, 6) is 0.807. The Morgan fingerprint density at radius 1 is 1.00 bits per heavy atom. The molecule has 0 spiro atoms. The van der Waals surface area contributed by atoms with E-state index in [2.05, 4.69) is 11.9 Å². The Morgan fingerprint density at radius 3 is 2.41 bits per heavy atom. The van der Waals surface area contributed by atoms with Crippen LogP contribution in [-0.2, 0) is 0 Å². The fourth-order valence-electron chi connectivity index (χ4n) is 2.51. The molecule has 148 valence electrons. The van der Waals surface area contributed by atoms with Gasteiger partial charge in [-0.3, -0.25) is 4.99 Å². The summed E-state index contributed by atoms with van der Waals surface area (Å²) in [6.07, 6.45) is 3.81. The van der Waals surface area contributed by atoms with Gasteiger partial charge in [0.2, 0.25) is 0 Å². The van der Waals surface area contributed by atoms with Crippen molar-refractivity contribution >= 4 is 29.5 Å². The molecule has 0 unspecified atom stereocenters. The van der Waals surface area contributed by atoms with Crippen molar-refractivity contribution < 1.29 is 14.3 Å². The minimum absolute atomic E-state index is 0.412. The van der Waals surface area contributed by atoms with Gasteiger partial charge in [0.1, 0.15) is 11.5 Å². The van der Waals surface area contributed by atoms with E-state index in [1.54, 1.807) is 54.7 Å². The lowest BCUT2D eigenvalue weighted by Crippen LogP contribution is -2.08. The Labute approximate surface area is 175 Å². The zero-order valence-corrected chi connectivity index (χ0v) is 16.9. The molecule has 0 saturated carbocycles. The Bertz CT molecular complexity index is 966. The first-order valence-corrected chi connectivity index (χ1v) is 9.86. The summed E-state index contributed by atoms with van der Waals surface area (Å²) in [4.78, 5) is 16.7. The van der Waals surface area contributed by atoms with Crippen molar-refractivity contribution in [2.75, 3.05) is 6.61 Å². The van der Waals surface area contributed by atoms with E-state index in [1.807, 2.05) is 24.3 Å². The molecule has 0 atom stereocenters. The Kier molecular flexibility index (Phi) is 7.42.